The fourth-order valence-corrected chi connectivity index (χ4v) is 2.24. The molecule has 1 unspecified atom stereocenters. The van der Waals surface area contributed by atoms with Crippen molar-refractivity contribution < 1.29 is 4.74 Å². The SMILES string of the molecule is CCOc1cncc(C(Cc2ccccc2Cl)NN)c1. The zero-order valence-electron chi connectivity index (χ0n) is 11.3. The van der Waals surface area contributed by atoms with Crippen LogP contribution in [0, 0.1) is 0 Å². The van der Waals surface area contributed by atoms with Crippen molar-refractivity contribution in [2.45, 2.75) is 19.4 Å². The number of hydrazine groups is 1. The van der Waals surface area contributed by atoms with Crippen molar-refractivity contribution in [3.05, 3.63) is 58.9 Å². The van der Waals surface area contributed by atoms with Crippen LogP contribution in [-0.2, 0) is 6.42 Å². The van der Waals surface area contributed by atoms with Crippen molar-refractivity contribution in [1.82, 2.24) is 10.4 Å². The molecule has 2 aromatic rings. The molecule has 0 aliphatic carbocycles. The molecule has 0 fully saturated rings. The van der Waals surface area contributed by atoms with E-state index in [-0.39, 0.29) is 6.04 Å². The molecule has 0 aliphatic rings. The normalized spacial score (nSPS) is 12.2. The Balaban J connectivity index is 2.20. The van der Waals surface area contributed by atoms with E-state index < -0.39 is 0 Å². The number of ether oxygens (including phenoxy) is 1. The molecule has 0 saturated carbocycles. The highest BCUT2D eigenvalue weighted by Crippen LogP contribution is 2.24. The molecule has 1 heterocycles. The maximum absolute atomic E-state index is 6.18. The van der Waals surface area contributed by atoms with Gasteiger partial charge in [-0.25, -0.2) is 0 Å². The number of pyridine rings is 1. The largest absolute Gasteiger partial charge is 0.492 e. The predicted octanol–water partition coefficient (Wildman–Crippen LogP) is 2.88. The Morgan fingerprint density at radius 1 is 1.35 bits per heavy atom. The molecule has 3 N–H and O–H groups in total. The average Bonchev–Trinajstić information content (AvgIpc) is 2.47. The van der Waals surface area contributed by atoms with Crippen LogP contribution in [-0.4, -0.2) is 11.6 Å². The maximum atomic E-state index is 6.18. The van der Waals surface area contributed by atoms with Crippen molar-refractivity contribution >= 4 is 11.6 Å². The summed E-state index contributed by atoms with van der Waals surface area (Å²) in [5.41, 5.74) is 4.82. The summed E-state index contributed by atoms with van der Waals surface area (Å²) < 4.78 is 5.46. The molecule has 0 bridgehead atoms. The molecule has 0 amide bonds. The Morgan fingerprint density at radius 3 is 2.85 bits per heavy atom. The molecule has 2 rings (SSSR count). The standard InChI is InChI=1S/C15H18ClN3O/c1-2-20-13-7-12(9-18-10-13)15(19-17)8-11-5-3-4-6-14(11)16/h3-7,9-10,15,19H,2,8,17H2,1H3. The molecule has 1 aromatic heterocycles. The summed E-state index contributed by atoms with van der Waals surface area (Å²) in [6, 6.07) is 9.62. The fourth-order valence-electron chi connectivity index (χ4n) is 2.03. The number of benzene rings is 1. The van der Waals surface area contributed by atoms with E-state index in [0.717, 1.165) is 21.9 Å². The first-order valence-electron chi connectivity index (χ1n) is 6.52. The van der Waals surface area contributed by atoms with Gasteiger partial charge in [-0.15, -0.1) is 0 Å². The Labute approximate surface area is 123 Å². The Kier molecular flexibility index (Phi) is 5.35. The van der Waals surface area contributed by atoms with Gasteiger partial charge in [-0.1, -0.05) is 29.8 Å². The van der Waals surface area contributed by atoms with Gasteiger partial charge in [-0.05, 0) is 36.6 Å². The van der Waals surface area contributed by atoms with E-state index in [1.165, 1.54) is 0 Å². The van der Waals surface area contributed by atoms with Crippen LogP contribution >= 0.6 is 11.6 Å². The fraction of sp³-hybridized carbons (Fsp3) is 0.267. The number of nitrogens with zero attached hydrogens (tertiary/aromatic N) is 1. The molecule has 5 heteroatoms. The number of nitrogens with one attached hydrogen (secondary N) is 1. The van der Waals surface area contributed by atoms with Gasteiger partial charge in [0, 0.05) is 11.2 Å². The molecule has 0 spiro atoms. The van der Waals surface area contributed by atoms with E-state index in [1.807, 2.05) is 37.3 Å². The number of nitrogens with two attached hydrogens (primary N) is 1. The summed E-state index contributed by atoms with van der Waals surface area (Å²) in [5, 5.41) is 0.738. The molecular formula is C15H18ClN3O. The average molecular weight is 292 g/mol. The van der Waals surface area contributed by atoms with Gasteiger partial charge in [0.15, 0.2) is 0 Å². The second-order valence-electron chi connectivity index (χ2n) is 4.40. The molecule has 1 atom stereocenters. The molecule has 4 nitrogen and oxygen atoms in total. The summed E-state index contributed by atoms with van der Waals surface area (Å²) in [6.45, 7) is 2.55. The molecular weight excluding hydrogens is 274 g/mol. The third-order valence-electron chi connectivity index (χ3n) is 3.03. The zero-order valence-corrected chi connectivity index (χ0v) is 12.1. The van der Waals surface area contributed by atoms with Gasteiger partial charge in [-0.3, -0.25) is 16.3 Å². The first kappa shape index (κ1) is 14.8. The van der Waals surface area contributed by atoms with E-state index in [2.05, 4.69) is 10.4 Å². The van der Waals surface area contributed by atoms with Crippen LogP contribution in [0.2, 0.25) is 5.02 Å². The van der Waals surface area contributed by atoms with E-state index in [9.17, 15) is 0 Å². The lowest BCUT2D eigenvalue weighted by Gasteiger charge is -2.17. The number of aromatic nitrogens is 1. The highest BCUT2D eigenvalue weighted by atomic mass is 35.5. The Morgan fingerprint density at radius 2 is 2.15 bits per heavy atom. The van der Waals surface area contributed by atoms with E-state index in [1.54, 1.807) is 12.4 Å². The van der Waals surface area contributed by atoms with Crippen molar-refractivity contribution in [3.63, 3.8) is 0 Å². The molecule has 106 valence electrons. The first-order valence-corrected chi connectivity index (χ1v) is 6.89. The van der Waals surface area contributed by atoms with Gasteiger partial charge in [-0.2, -0.15) is 0 Å². The summed E-state index contributed by atoms with van der Waals surface area (Å²) in [4.78, 5) is 4.18. The van der Waals surface area contributed by atoms with Crippen LogP contribution in [0.3, 0.4) is 0 Å². The molecule has 0 saturated heterocycles. The zero-order chi connectivity index (χ0) is 14.4. The first-order chi connectivity index (χ1) is 9.74. The highest BCUT2D eigenvalue weighted by Gasteiger charge is 2.13. The van der Waals surface area contributed by atoms with Crippen molar-refractivity contribution in [3.8, 4) is 5.75 Å². The minimum absolute atomic E-state index is 0.0668. The summed E-state index contributed by atoms with van der Waals surface area (Å²) in [6.07, 6.45) is 4.16. The summed E-state index contributed by atoms with van der Waals surface area (Å²) in [5.74, 6) is 6.41. The Hall–Kier alpha value is -1.62. The minimum atomic E-state index is -0.0668. The molecule has 0 radical (unpaired) electrons. The van der Waals surface area contributed by atoms with Crippen molar-refractivity contribution in [2.75, 3.05) is 6.61 Å². The number of hydrogen-bond acceptors (Lipinski definition) is 4. The summed E-state index contributed by atoms with van der Waals surface area (Å²) >= 11 is 6.18. The van der Waals surface area contributed by atoms with Gasteiger partial charge in [0.1, 0.15) is 5.75 Å². The molecule has 20 heavy (non-hydrogen) atoms. The summed E-state index contributed by atoms with van der Waals surface area (Å²) in [7, 11) is 0. The highest BCUT2D eigenvalue weighted by molar-refractivity contribution is 6.31. The lowest BCUT2D eigenvalue weighted by atomic mass is 10.0. The lowest BCUT2D eigenvalue weighted by molar-refractivity contribution is 0.338. The van der Waals surface area contributed by atoms with Gasteiger partial charge < -0.3 is 4.74 Å². The topological polar surface area (TPSA) is 60.2 Å². The van der Waals surface area contributed by atoms with Crippen LogP contribution in [0.5, 0.6) is 5.75 Å². The predicted molar refractivity (Wildman–Crippen MR) is 80.6 cm³/mol. The van der Waals surface area contributed by atoms with E-state index >= 15 is 0 Å². The van der Waals surface area contributed by atoms with Crippen LogP contribution in [0.15, 0.2) is 42.7 Å². The third-order valence-corrected chi connectivity index (χ3v) is 3.40. The third kappa shape index (κ3) is 3.70. The minimum Gasteiger partial charge on any atom is -0.492 e. The quantitative estimate of drug-likeness (QED) is 0.635. The second-order valence-corrected chi connectivity index (χ2v) is 4.81. The van der Waals surface area contributed by atoms with Crippen LogP contribution in [0.25, 0.3) is 0 Å². The van der Waals surface area contributed by atoms with Gasteiger partial charge in [0.25, 0.3) is 0 Å². The smallest absolute Gasteiger partial charge is 0.137 e. The monoisotopic (exact) mass is 291 g/mol. The van der Waals surface area contributed by atoms with Crippen LogP contribution < -0.4 is 16.0 Å². The van der Waals surface area contributed by atoms with Crippen LogP contribution in [0.4, 0.5) is 0 Å². The van der Waals surface area contributed by atoms with Gasteiger partial charge in [0.2, 0.25) is 0 Å². The number of rotatable bonds is 6. The van der Waals surface area contributed by atoms with Crippen LogP contribution in [0.1, 0.15) is 24.1 Å². The van der Waals surface area contributed by atoms with Gasteiger partial charge in [0.05, 0.1) is 18.8 Å². The second kappa shape index (κ2) is 7.24. The lowest BCUT2D eigenvalue weighted by Crippen LogP contribution is -2.29. The van der Waals surface area contributed by atoms with Crippen molar-refractivity contribution in [1.29, 1.82) is 0 Å². The Bertz CT molecular complexity index is 562. The van der Waals surface area contributed by atoms with Crippen molar-refractivity contribution in [2.24, 2.45) is 5.84 Å². The molecule has 0 aliphatic heterocycles. The molecule has 1 aromatic carbocycles. The van der Waals surface area contributed by atoms with E-state index in [0.29, 0.717) is 13.0 Å². The van der Waals surface area contributed by atoms with E-state index in [4.69, 9.17) is 22.2 Å². The number of hydrogen-bond donors (Lipinski definition) is 2. The maximum Gasteiger partial charge on any atom is 0.137 e. The number of halogens is 1. The van der Waals surface area contributed by atoms with Gasteiger partial charge >= 0.3 is 0 Å².